The zero-order valence-electron chi connectivity index (χ0n) is 33.6. The molecule has 0 atom stereocenters. The van der Waals surface area contributed by atoms with E-state index in [1.165, 1.54) is 93.2 Å². The van der Waals surface area contributed by atoms with Crippen LogP contribution in [0.15, 0.2) is 218 Å². The first kappa shape index (κ1) is 35.7. The van der Waals surface area contributed by atoms with E-state index in [4.69, 9.17) is 0 Å². The summed E-state index contributed by atoms with van der Waals surface area (Å²) < 4.78 is 0. The van der Waals surface area contributed by atoms with Crippen LogP contribution in [-0.2, 0) is 0 Å². The Morgan fingerprint density at radius 3 is 1.82 bits per heavy atom. The first-order valence-electron chi connectivity index (χ1n) is 21.1. The van der Waals surface area contributed by atoms with Gasteiger partial charge in [-0.2, -0.15) is 0 Å². The monoisotopic (exact) mass is 765 g/mol. The van der Waals surface area contributed by atoms with Crippen LogP contribution in [0.3, 0.4) is 0 Å². The molecule has 0 spiro atoms. The smallest absolute Gasteiger partial charge is 0.0468 e. The molecule has 60 heavy (non-hydrogen) atoms. The van der Waals surface area contributed by atoms with Crippen molar-refractivity contribution in [2.45, 2.75) is 19.8 Å². The van der Waals surface area contributed by atoms with Crippen molar-refractivity contribution in [1.29, 1.82) is 0 Å². The highest BCUT2D eigenvalue weighted by atomic mass is 15.1. The number of allylic oxidation sites excluding steroid dienone is 4. The van der Waals surface area contributed by atoms with Crippen molar-refractivity contribution in [2.24, 2.45) is 0 Å². The lowest BCUT2D eigenvalue weighted by atomic mass is 9.80. The van der Waals surface area contributed by atoms with Gasteiger partial charge in [0.1, 0.15) is 0 Å². The standard InChI is InChI=1S/C59H43N/c1-40-18-15-28-46(36-40)60(47-29-16-27-45(37-47)50-33-17-26-41-23-11-12-30-49(41)50)48-34-35-53-56(38-48)51-31-13-14-32-52(51)58-55(43-21-7-3-8-22-43)39-54(42-19-5-2-6-20-42)57(59(53)58)44-24-9-4-10-25-44/h2-7,9-21,23-39H,8,22H2,1H3. The number of nitrogens with zero attached hydrogens (tertiary/aromatic N) is 1. The van der Waals surface area contributed by atoms with Crippen LogP contribution >= 0.6 is 0 Å². The predicted octanol–water partition coefficient (Wildman–Crippen LogP) is 16.8. The summed E-state index contributed by atoms with van der Waals surface area (Å²) in [5, 5.41) is 10.2. The summed E-state index contributed by atoms with van der Waals surface area (Å²) in [7, 11) is 0. The molecule has 0 N–H and O–H groups in total. The molecule has 0 aromatic heterocycles. The van der Waals surface area contributed by atoms with Gasteiger partial charge in [-0.05, 0) is 155 Å². The van der Waals surface area contributed by atoms with Crippen molar-refractivity contribution < 1.29 is 0 Å². The summed E-state index contributed by atoms with van der Waals surface area (Å²) in [6, 6.07) is 74.0. The van der Waals surface area contributed by atoms with E-state index in [1.807, 2.05) is 0 Å². The summed E-state index contributed by atoms with van der Waals surface area (Å²) in [4.78, 5) is 2.43. The lowest BCUT2D eigenvalue weighted by molar-refractivity contribution is 1.06. The van der Waals surface area contributed by atoms with E-state index in [1.54, 1.807) is 0 Å². The second-order valence-electron chi connectivity index (χ2n) is 16.0. The van der Waals surface area contributed by atoms with Crippen molar-refractivity contribution >= 4 is 65.7 Å². The van der Waals surface area contributed by atoms with Gasteiger partial charge in [-0.15, -0.1) is 0 Å². The van der Waals surface area contributed by atoms with E-state index in [2.05, 4.69) is 230 Å². The van der Waals surface area contributed by atoms with E-state index < -0.39 is 0 Å². The van der Waals surface area contributed by atoms with Crippen LogP contribution in [0, 0.1) is 6.92 Å². The normalized spacial score (nSPS) is 12.7. The summed E-state index contributed by atoms with van der Waals surface area (Å²) >= 11 is 0. The molecule has 0 heterocycles. The molecule has 284 valence electrons. The Kier molecular flexibility index (Phi) is 8.94. The Labute approximate surface area is 351 Å². The molecule has 1 nitrogen and oxygen atoms in total. The molecular weight excluding hydrogens is 723 g/mol. The van der Waals surface area contributed by atoms with Crippen molar-refractivity contribution in [3.63, 3.8) is 0 Å². The second kappa shape index (κ2) is 15.0. The number of rotatable bonds is 7. The second-order valence-corrected chi connectivity index (χ2v) is 16.0. The van der Waals surface area contributed by atoms with E-state index >= 15 is 0 Å². The highest BCUT2D eigenvalue weighted by Gasteiger charge is 2.24. The number of benzene rings is 10. The fourth-order valence-electron chi connectivity index (χ4n) is 9.61. The topological polar surface area (TPSA) is 3.24 Å². The van der Waals surface area contributed by atoms with Gasteiger partial charge in [0.15, 0.2) is 0 Å². The van der Waals surface area contributed by atoms with E-state index in [9.17, 15) is 0 Å². The minimum Gasteiger partial charge on any atom is -0.310 e. The number of hydrogen-bond acceptors (Lipinski definition) is 1. The maximum absolute atomic E-state index is 2.49. The van der Waals surface area contributed by atoms with Gasteiger partial charge in [0.2, 0.25) is 0 Å². The molecule has 0 unspecified atom stereocenters. The van der Waals surface area contributed by atoms with Crippen LogP contribution < -0.4 is 4.90 Å². The van der Waals surface area contributed by atoms with Gasteiger partial charge in [0.25, 0.3) is 0 Å². The first-order chi connectivity index (χ1) is 29.7. The van der Waals surface area contributed by atoms with Crippen molar-refractivity contribution in [2.75, 3.05) is 4.90 Å². The molecule has 0 aliphatic heterocycles. The summed E-state index contributed by atoms with van der Waals surface area (Å²) in [5.41, 5.74) is 14.7. The SMILES string of the molecule is Cc1cccc(N(c2cccc(-c3cccc4ccccc34)c2)c2ccc3c(c2)c2ccccc2c2c(C4=CC=CCC4)cc(-c4ccccc4)c(-c4ccccc4)c32)c1. The highest BCUT2D eigenvalue weighted by molar-refractivity contribution is 6.32. The third-order valence-electron chi connectivity index (χ3n) is 12.3. The molecule has 0 saturated carbocycles. The zero-order chi connectivity index (χ0) is 40.0. The molecule has 1 aliphatic carbocycles. The molecule has 0 fully saturated rings. The average molecular weight is 766 g/mol. The molecule has 10 aromatic carbocycles. The number of anilines is 3. The Bertz CT molecular complexity index is 3310. The van der Waals surface area contributed by atoms with Gasteiger partial charge in [-0.3, -0.25) is 0 Å². The maximum Gasteiger partial charge on any atom is 0.0468 e. The van der Waals surface area contributed by atoms with Crippen LogP contribution in [0.4, 0.5) is 17.1 Å². The van der Waals surface area contributed by atoms with E-state index in [-0.39, 0.29) is 0 Å². The lowest BCUT2D eigenvalue weighted by Gasteiger charge is -2.28. The fourth-order valence-corrected chi connectivity index (χ4v) is 9.61. The van der Waals surface area contributed by atoms with Gasteiger partial charge in [0.05, 0.1) is 0 Å². The maximum atomic E-state index is 2.49. The summed E-state index contributed by atoms with van der Waals surface area (Å²) in [6.45, 7) is 2.18. The van der Waals surface area contributed by atoms with E-state index in [0.29, 0.717) is 0 Å². The van der Waals surface area contributed by atoms with Crippen LogP contribution in [0.25, 0.3) is 82.0 Å². The predicted molar refractivity (Wildman–Crippen MR) is 259 cm³/mol. The minimum absolute atomic E-state index is 1.01. The molecule has 0 radical (unpaired) electrons. The van der Waals surface area contributed by atoms with Crippen LogP contribution in [0.5, 0.6) is 0 Å². The fraction of sp³-hybridized carbons (Fsp3) is 0.0508. The van der Waals surface area contributed by atoms with Crippen LogP contribution in [0.1, 0.15) is 24.0 Å². The summed E-state index contributed by atoms with van der Waals surface area (Å²) in [6.07, 6.45) is 8.92. The third-order valence-corrected chi connectivity index (χ3v) is 12.3. The number of aryl methyl sites for hydroxylation is 1. The molecule has 10 aromatic rings. The Morgan fingerprint density at radius 2 is 1.03 bits per heavy atom. The lowest BCUT2D eigenvalue weighted by Crippen LogP contribution is -2.10. The molecule has 0 saturated heterocycles. The Balaban J connectivity index is 1.23. The number of hydrogen-bond donors (Lipinski definition) is 0. The van der Waals surface area contributed by atoms with Gasteiger partial charge in [-0.25, -0.2) is 0 Å². The minimum atomic E-state index is 1.01. The van der Waals surface area contributed by atoms with Gasteiger partial charge in [-0.1, -0.05) is 176 Å². The zero-order valence-corrected chi connectivity index (χ0v) is 33.6. The molecule has 0 bridgehead atoms. The number of fused-ring (bicyclic) bond motifs is 7. The molecule has 0 amide bonds. The average Bonchev–Trinajstić information content (AvgIpc) is 3.32. The van der Waals surface area contributed by atoms with Gasteiger partial charge < -0.3 is 4.90 Å². The largest absolute Gasteiger partial charge is 0.310 e. The highest BCUT2D eigenvalue weighted by Crippen LogP contribution is 2.50. The Hall–Kier alpha value is -7.48. The van der Waals surface area contributed by atoms with Crippen molar-refractivity contribution in [3.05, 3.63) is 230 Å². The van der Waals surface area contributed by atoms with Crippen molar-refractivity contribution in [3.8, 4) is 33.4 Å². The third kappa shape index (κ3) is 6.19. The van der Waals surface area contributed by atoms with Gasteiger partial charge in [0, 0.05) is 17.1 Å². The van der Waals surface area contributed by atoms with E-state index in [0.717, 1.165) is 29.9 Å². The summed E-state index contributed by atoms with van der Waals surface area (Å²) in [5.74, 6) is 0. The molecule has 1 aliphatic rings. The van der Waals surface area contributed by atoms with Gasteiger partial charge >= 0.3 is 0 Å². The molecule has 11 rings (SSSR count). The van der Waals surface area contributed by atoms with Crippen LogP contribution in [0.2, 0.25) is 0 Å². The van der Waals surface area contributed by atoms with Crippen LogP contribution in [-0.4, -0.2) is 0 Å². The Morgan fingerprint density at radius 1 is 0.400 bits per heavy atom. The first-order valence-corrected chi connectivity index (χ1v) is 21.1. The molecular formula is C59H43N. The quantitative estimate of drug-likeness (QED) is 0.146. The molecule has 1 heteroatoms. The van der Waals surface area contributed by atoms with Crippen molar-refractivity contribution in [1.82, 2.24) is 0 Å².